The van der Waals surface area contributed by atoms with Crippen molar-refractivity contribution < 1.29 is 27.3 Å². The van der Waals surface area contributed by atoms with Crippen LogP contribution in [0.15, 0.2) is 18.2 Å². The number of benzene rings is 1. The summed E-state index contributed by atoms with van der Waals surface area (Å²) in [6, 6.07) is 2.51. The normalized spacial score (nSPS) is 11.2. The van der Waals surface area contributed by atoms with Gasteiger partial charge in [-0.3, -0.25) is 14.9 Å². The summed E-state index contributed by atoms with van der Waals surface area (Å²) in [4.78, 5) is 20.9. The van der Waals surface area contributed by atoms with Crippen LogP contribution in [0.3, 0.4) is 0 Å². The molecule has 20 heavy (non-hydrogen) atoms. The highest BCUT2D eigenvalue weighted by Crippen LogP contribution is 2.21. The second kappa shape index (κ2) is 6.31. The fraction of sp³-hybridized carbons (Fsp3) is 0.364. The van der Waals surface area contributed by atoms with Crippen LogP contribution < -0.4 is 5.32 Å². The molecule has 0 unspecified atom stereocenters. The Bertz CT molecular complexity index is 517. The van der Waals surface area contributed by atoms with E-state index in [2.05, 4.69) is 5.32 Å². The van der Waals surface area contributed by atoms with E-state index < -0.39 is 34.9 Å². The lowest BCUT2D eigenvalue weighted by molar-refractivity contribution is -0.387. The second-order valence-corrected chi connectivity index (χ2v) is 3.90. The molecule has 0 spiro atoms. The number of nitrogens with zero attached hydrogens (tertiary/aromatic N) is 1. The van der Waals surface area contributed by atoms with Crippen molar-refractivity contribution in [1.29, 1.82) is 0 Å². The molecule has 0 atom stereocenters. The lowest BCUT2D eigenvalue weighted by atomic mass is 10.2. The molecule has 0 fully saturated rings. The molecule has 1 rings (SSSR count). The zero-order chi connectivity index (χ0) is 15.3. The molecule has 0 aliphatic rings. The van der Waals surface area contributed by atoms with E-state index in [0.717, 1.165) is 12.1 Å². The number of alkyl halides is 3. The topological polar surface area (TPSA) is 72.2 Å². The zero-order valence-corrected chi connectivity index (χ0v) is 10.0. The van der Waals surface area contributed by atoms with Crippen LogP contribution in [0.2, 0.25) is 0 Å². The second-order valence-electron chi connectivity index (χ2n) is 3.90. The van der Waals surface area contributed by atoms with Crippen LogP contribution >= 0.6 is 0 Å². The Kier molecular flexibility index (Phi) is 5.00. The van der Waals surface area contributed by atoms with Crippen molar-refractivity contribution in [2.45, 2.75) is 19.0 Å². The molecule has 1 aromatic carbocycles. The lowest BCUT2D eigenvalue weighted by Crippen LogP contribution is -2.25. The van der Waals surface area contributed by atoms with Gasteiger partial charge in [0.25, 0.3) is 5.91 Å². The molecule has 0 aliphatic carbocycles. The van der Waals surface area contributed by atoms with E-state index in [4.69, 9.17) is 0 Å². The van der Waals surface area contributed by atoms with Crippen LogP contribution in [0.25, 0.3) is 0 Å². The summed E-state index contributed by atoms with van der Waals surface area (Å²) in [5.41, 5.74) is -0.973. The molecule has 9 heteroatoms. The molecule has 0 aromatic heterocycles. The van der Waals surface area contributed by atoms with Gasteiger partial charge in [-0.05, 0) is 18.6 Å². The van der Waals surface area contributed by atoms with Crippen molar-refractivity contribution in [3.8, 4) is 0 Å². The number of nitro benzene ring substituents is 1. The summed E-state index contributed by atoms with van der Waals surface area (Å²) < 4.78 is 48.8. The highest BCUT2D eigenvalue weighted by molar-refractivity contribution is 5.94. The number of amides is 1. The molecule has 0 bridgehead atoms. The van der Waals surface area contributed by atoms with Crippen LogP contribution in [0.1, 0.15) is 23.2 Å². The van der Waals surface area contributed by atoms with Gasteiger partial charge in [0.2, 0.25) is 5.82 Å². The number of nitro groups is 1. The minimum absolute atomic E-state index is 0.194. The molecule has 0 radical (unpaired) electrons. The maximum absolute atomic E-state index is 13.2. The Morgan fingerprint density at radius 3 is 2.50 bits per heavy atom. The van der Waals surface area contributed by atoms with Crippen molar-refractivity contribution >= 4 is 11.6 Å². The van der Waals surface area contributed by atoms with Crippen LogP contribution in [0.5, 0.6) is 0 Å². The van der Waals surface area contributed by atoms with Gasteiger partial charge in [-0.2, -0.15) is 17.6 Å². The third-order valence-corrected chi connectivity index (χ3v) is 2.33. The molecule has 0 saturated heterocycles. The third-order valence-electron chi connectivity index (χ3n) is 2.33. The van der Waals surface area contributed by atoms with Crippen molar-refractivity contribution in [2.75, 3.05) is 6.54 Å². The average Bonchev–Trinajstić information content (AvgIpc) is 2.32. The van der Waals surface area contributed by atoms with E-state index >= 15 is 0 Å². The van der Waals surface area contributed by atoms with Gasteiger partial charge in [0.05, 0.1) is 4.92 Å². The Labute approximate surface area is 110 Å². The van der Waals surface area contributed by atoms with E-state index in [-0.39, 0.29) is 18.5 Å². The SMILES string of the molecule is O=C(NCCCC(F)(F)F)c1ccc([N+](=O)[O-])c(F)c1. The van der Waals surface area contributed by atoms with Crippen LogP contribution in [-0.4, -0.2) is 23.6 Å². The largest absolute Gasteiger partial charge is 0.389 e. The third kappa shape index (κ3) is 4.82. The first-order chi connectivity index (χ1) is 9.20. The number of carbonyl (C=O) groups is 1. The highest BCUT2D eigenvalue weighted by Gasteiger charge is 2.26. The molecule has 110 valence electrons. The standard InChI is InChI=1S/C11H10F4N2O3/c12-8-6-7(2-3-9(8)17(19)20)10(18)16-5-1-4-11(13,14)15/h2-3,6H,1,4-5H2,(H,16,18). The molecule has 5 nitrogen and oxygen atoms in total. The summed E-state index contributed by atoms with van der Waals surface area (Å²) in [7, 11) is 0. The minimum atomic E-state index is -4.30. The summed E-state index contributed by atoms with van der Waals surface area (Å²) in [6.45, 7) is -0.225. The summed E-state index contributed by atoms with van der Waals surface area (Å²) in [5, 5.41) is 12.5. The first kappa shape index (κ1) is 15.9. The van der Waals surface area contributed by atoms with E-state index in [1.165, 1.54) is 0 Å². The van der Waals surface area contributed by atoms with E-state index in [1.54, 1.807) is 0 Å². The average molecular weight is 294 g/mol. The maximum atomic E-state index is 13.2. The lowest BCUT2D eigenvalue weighted by Gasteiger charge is -2.07. The highest BCUT2D eigenvalue weighted by atomic mass is 19.4. The predicted molar refractivity (Wildman–Crippen MR) is 60.7 cm³/mol. The zero-order valence-electron chi connectivity index (χ0n) is 10.0. The van der Waals surface area contributed by atoms with E-state index in [9.17, 15) is 32.5 Å². The number of carbonyl (C=O) groups excluding carboxylic acids is 1. The van der Waals surface area contributed by atoms with Gasteiger partial charge in [0.1, 0.15) is 0 Å². The van der Waals surface area contributed by atoms with Crippen molar-refractivity contribution in [1.82, 2.24) is 5.32 Å². The van der Waals surface area contributed by atoms with Gasteiger partial charge in [-0.15, -0.1) is 0 Å². The van der Waals surface area contributed by atoms with Crippen LogP contribution in [-0.2, 0) is 0 Å². The Morgan fingerprint density at radius 1 is 1.35 bits per heavy atom. The quantitative estimate of drug-likeness (QED) is 0.393. The number of rotatable bonds is 5. The molecular formula is C11H10F4N2O3. The van der Waals surface area contributed by atoms with Gasteiger partial charge < -0.3 is 5.32 Å². The Hall–Kier alpha value is -2.19. The molecule has 0 aliphatic heterocycles. The molecule has 1 amide bonds. The molecule has 1 N–H and O–H groups in total. The Morgan fingerprint density at radius 2 is 2.00 bits per heavy atom. The summed E-state index contributed by atoms with van der Waals surface area (Å²) in [5.74, 6) is -1.97. The van der Waals surface area contributed by atoms with Crippen LogP contribution in [0, 0.1) is 15.9 Å². The number of hydrogen-bond acceptors (Lipinski definition) is 3. The molecular weight excluding hydrogens is 284 g/mol. The van der Waals surface area contributed by atoms with Gasteiger partial charge in [0, 0.05) is 24.6 Å². The molecule has 1 aromatic rings. The minimum Gasteiger partial charge on any atom is -0.352 e. The van der Waals surface area contributed by atoms with Crippen molar-refractivity contribution in [3.05, 3.63) is 39.7 Å². The van der Waals surface area contributed by atoms with Crippen molar-refractivity contribution in [2.24, 2.45) is 0 Å². The fourth-order valence-electron chi connectivity index (χ4n) is 1.39. The van der Waals surface area contributed by atoms with Gasteiger partial charge in [-0.25, -0.2) is 0 Å². The number of halogens is 4. The molecule has 0 heterocycles. The predicted octanol–water partition coefficient (Wildman–Crippen LogP) is 2.81. The number of nitrogens with one attached hydrogen (secondary N) is 1. The fourth-order valence-corrected chi connectivity index (χ4v) is 1.39. The van der Waals surface area contributed by atoms with E-state index in [1.807, 2.05) is 0 Å². The van der Waals surface area contributed by atoms with Crippen LogP contribution in [0.4, 0.5) is 23.2 Å². The molecule has 0 saturated carbocycles. The smallest absolute Gasteiger partial charge is 0.352 e. The number of hydrogen-bond donors (Lipinski definition) is 1. The van der Waals surface area contributed by atoms with E-state index in [0.29, 0.717) is 6.07 Å². The first-order valence-corrected chi connectivity index (χ1v) is 5.49. The summed E-state index contributed by atoms with van der Waals surface area (Å²) >= 11 is 0. The van der Waals surface area contributed by atoms with Gasteiger partial charge >= 0.3 is 11.9 Å². The maximum Gasteiger partial charge on any atom is 0.389 e. The van der Waals surface area contributed by atoms with Crippen molar-refractivity contribution in [3.63, 3.8) is 0 Å². The van der Waals surface area contributed by atoms with Gasteiger partial charge in [-0.1, -0.05) is 0 Å². The Balaban J connectivity index is 2.56. The van der Waals surface area contributed by atoms with Gasteiger partial charge in [0.15, 0.2) is 0 Å². The first-order valence-electron chi connectivity index (χ1n) is 5.49. The monoisotopic (exact) mass is 294 g/mol. The summed E-state index contributed by atoms with van der Waals surface area (Å²) in [6.07, 6.45) is -5.64.